The van der Waals surface area contributed by atoms with Crippen LogP contribution in [0.2, 0.25) is 0 Å². The molecular weight excluding hydrogens is 236 g/mol. The van der Waals surface area contributed by atoms with Crippen molar-refractivity contribution >= 4 is 5.69 Å². The monoisotopic (exact) mass is 262 g/mol. The van der Waals surface area contributed by atoms with Gasteiger partial charge in [0.1, 0.15) is 0 Å². The van der Waals surface area contributed by atoms with Gasteiger partial charge in [-0.15, -0.1) is 0 Å². The summed E-state index contributed by atoms with van der Waals surface area (Å²) in [4.78, 5) is 4.91. The number of hydrogen-bond acceptors (Lipinski definition) is 3. The zero-order chi connectivity index (χ0) is 13.8. The van der Waals surface area contributed by atoms with Crippen molar-refractivity contribution in [2.45, 2.75) is 38.8 Å². The van der Waals surface area contributed by atoms with E-state index >= 15 is 0 Å². The number of aliphatic hydroxyl groups excluding tert-OH is 1. The Bertz CT molecular complexity index is 407. The number of aliphatic hydroxyl groups is 1. The summed E-state index contributed by atoms with van der Waals surface area (Å²) in [5.74, 6) is 0. The van der Waals surface area contributed by atoms with Crippen LogP contribution >= 0.6 is 0 Å². The molecule has 1 heterocycles. The number of likely N-dealkylation sites (N-methyl/N-ethyl adjacent to an activating group) is 1. The number of benzene rings is 1. The average molecular weight is 262 g/mol. The normalized spacial score (nSPS) is 25.4. The molecule has 0 amide bonds. The minimum atomic E-state index is 0.267. The van der Waals surface area contributed by atoms with E-state index in [0.29, 0.717) is 12.1 Å². The van der Waals surface area contributed by atoms with Gasteiger partial charge in [-0.2, -0.15) is 0 Å². The SMILES string of the molecule is Cc1ccccc1N1CCC(C)N(C)C(CCO)C1. The Kier molecular flexibility index (Phi) is 4.83. The van der Waals surface area contributed by atoms with E-state index in [0.717, 1.165) is 19.5 Å². The summed E-state index contributed by atoms with van der Waals surface area (Å²) in [5, 5.41) is 9.28. The maximum Gasteiger partial charge on any atom is 0.0446 e. The van der Waals surface area contributed by atoms with E-state index in [2.05, 4.69) is 55.0 Å². The minimum Gasteiger partial charge on any atom is -0.396 e. The van der Waals surface area contributed by atoms with E-state index in [1.165, 1.54) is 17.7 Å². The second-order valence-electron chi connectivity index (χ2n) is 5.70. The Hall–Kier alpha value is -1.06. The lowest BCUT2D eigenvalue weighted by molar-refractivity contribution is 0.159. The van der Waals surface area contributed by atoms with Gasteiger partial charge in [0.2, 0.25) is 0 Å². The molecule has 2 unspecified atom stereocenters. The van der Waals surface area contributed by atoms with Crippen LogP contribution in [0.15, 0.2) is 24.3 Å². The van der Waals surface area contributed by atoms with Crippen LogP contribution in [-0.2, 0) is 0 Å². The van der Waals surface area contributed by atoms with Crippen molar-refractivity contribution in [3.8, 4) is 0 Å². The maximum absolute atomic E-state index is 9.28. The molecule has 1 aromatic rings. The second kappa shape index (κ2) is 6.40. The van der Waals surface area contributed by atoms with Gasteiger partial charge in [-0.1, -0.05) is 18.2 Å². The molecule has 1 fully saturated rings. The van der Waals surface area contributed by atoms with Crippen LogP contribution in [0.1, 0.15) is 25.3 Å². The molecule has 0 saturated carbocycles. The highest BCUT2D eigenvalue weighted by atomic mass is 16.3. The van der Waals surface area contributed by atoms with Crippen molar-refractivity contribution in [2.24, 2.45) is 0 Å². The number of anilines is 1. The number of aryl methyl sites for hydroxylation is 1. The Balaban J connectivity index is 2.20. The largest absolute Gasteiger partial charge is 0.396 e. The van der Waals surface area contributed by atoms with Crippen molar-refractivity contribution in [3.05, 3.63) is 29.8 Å². The molecule has 2 atom stereocenters. The van der Waals surface area contributed by atoms with Crippen LogP contribution in [0.4, 0.5) is 5.69 Å². The van der Waals surface area contributed by atoms with Crippen LogP contribution in [0, 0.1) is 6.92 Å². The van der Waals surface area contributed by atoms with Gasteiger partial charge in [-0.25, -0.2) is 0 Å². The summed E-state index contributed by atoms with van der Waals surface area (Å²) in [6.45, 7) is 6.83. The van der Waals surface area contributed by atoms with Crippen molar-refractivity contribution in [1.82, 2.24) is 4.90 Å². The smallest absolute Gasteiger partial charge is 0.0446 e. The maximum atomic E-state index is 9.28. The summed E-state index contributed by atoms with van der Waals surface area (Å²) in [6, 6.07) is 9.60. The summed E-state index contributed by atoms with van der Waals surface area (Å²) in [5.41, 5.74) is 2.68. The zero-order valence-corrected chi connectivity index (χ0v) is 12.3. The molecule has 106 valence electrons. The molecule has 0 aliphatic carbocycles. The van der Waals surface area contributed by atoms with Crippen molar-refractivity contribution in [3.63, 3.8) is 0 Å². The first-order chi connectivity index (χ1) is 9.13. The van der Waals surface area contributed by atoms with Crippen molar-refractivity contribution in [2.75, 3.05) is 31.6 Å². The van der Waals surface area contributed by atoms with Crippen LogP contribution in [0.5, 0.6) is 0 Å². The molecule has 19 heavy (non-hydrogen) atoms. The van der Waals surface area contributed by atoms with E-state index in [9.17, 15) is 5.11 Å². The van der Waals surface area contributed by atoms with Gasteiger partial charge >= 0.3 is 0 Å². The molecule has 0 bridgehead atoms. The fraction of sp³-hybridized carbons (Fsp3) is 0.625. The molecule has 0 aromatic heterocycles. The van der Waals surface area contributed by atoms with Gasteiger partial charge in [0.25, 0.3) is 0 Å². The van der Waals surface area contributed by atoms with Gasteiger partial charge in [0.05, 0.1) is 0 Å². The molecule has 1 aliphatic rings. The molecule has 1 saturated heterocycles. The molecule has 0 radical (unpaired) electrons. The summed E-state index contributed by atoms with van der Waals surface area (Å²) in [6.07, 6.45) is 2.02. The van der Waals surface area contributed by atoms with Crippen molar-refractivity contribution < 1.29 is 5.11 Å². The predicted octanol–water partition coefficient (Wildman–Crippen LogP) is 2.28. The summed E-state index contributed by atoms with van der Waals surface area (Å²) < 4.78 is 0. The standard InChI is InChI=1S/C16H26N2O/c1-13-6-4-5-7-16(13)18-10-8-14(2)17(3)15(12-18)9-11-19/h4-7,14-15,19H,8-12H2,1-3H3. The Morgan fingerprint density at radius 3 is 2.74 bits per heavy atom. The third kappa shape index (κ3) is 3.28. The van der Waals surface area contributed by atoms with Crippen molar-refractivity contribution in [1.29, 1.82) is 0 Å². The predicted molar refractivity (Wildman–Crippen MR) is 80.7 cm³/mol. The van der Waals surface area contributed by atoms with Crippen LogP contribution < -0.4 is 4.90 Å². The first kappa shape index (κ1) is 14.4. The number of para-hydroxylation sites is 1. The van der Waals surface area contributed by atoms with E-state index in [4.69, 9.17) is 0 Å². The fourth-order valence-electron chi connectivity index (χ4n) is 2.96. The fourth-order valence-corrected chi connectivity index (χ4v) is 2.96. The molecular formula is C16H26N2O. The minimum absolute atomic E-state index is 0.267. The third-order valence-corrected chi connectivity index (χ3v) is 4.44. The molecule has 1 N–H and O–H groups in total. The molecule has 0 spiro atoms. The highest BCUT2D eigenvalue weighted by Crippen LogP contribution is 2.24. The highest BCUT2D eigenvalue weighted by Gasteiger charge is 2.26. The lowest BCUT2D eigenvalue weighted by Crippen LogP contribution is -2.42. The Morgan fingerprint density at radius 1 is 1.32 bits per heavy atom. The summed E-state index contributed by atoms with van der Waals surface area (Å²) in [7, 11) is 2.19. The molecule has 2 rings (SSSR count). The third-order valence-electron chi connectivity index (χ3n) is 4.44. The first-order valence-corrected chi connectivity index (χ1v) is 7.27. The summed E-state index contributed by atoms with van der Waals surface area (Å²) >= 11 is 0. The Morgan fingerprint density at radius 2 is 2.05 bits per heavy atom. The van der Waals surface area contributed by atoms with Gasteiger partial charge in [-0.3, -0.25) is 4.90 Å². The number of hydrogen-bond donors (Lipinski definition) is 1. The lowest BCUT2D eigenvalue weighted by Gasteiger charge is -2.32. The molecule has 3 heteroatoms. The number of nitrogens with zero attached hydrogens (tertiary/aromatic N) is 2. The first-order valence-electron chi connectivity index (χ1n) is 7.27. The van der Waals surface area contributed by atoms with E-state index < -0.39 is 0 Å². The van der Waals surface area contributed by atoms with Crippen LogP contribution in [0.25, 0.3) is 0 Å². The van der Waals surface area contributed by atoms with E-state index in [-0.39, 0.29) is 6.61 Å². The lowest BCUT2D eigenvalue weighted by atomic mass is 10.1. The van der Waals surface area contributed by atoms with Gasteiger partial charge in [0.15, 0.2) is 0 Å². The molecule has 1 aliphatic heterocycles. The molecule has 1 aromatic carbocycles. The quantitative estimate of drug-likeness (QED) is 0.905. The van der Waals surface area contributed by atoms with E-state index in [1.54, 1.807) is 0 Å². The average Bonchev–Trinajstić information content (AvgIpc) is 2.54. The second-order valence-corrected chi connectivity index (χ2v) is 5.70. The number of rotatable bonds is 3. The highest BCUT2D eigenvalue weighted by molar-refractivity contribution is 5.53. The van der Waals surface area contributed by atoms with Gasteiger partial charge in [-0.05, 0) is 45.4 Å². The van der Waals surface area contributed by atoms with Crippen LogP contribution in [-0.4, -0.2) is 48.8 Å². The van der Waals surface area contributed by atoms with Gasteiger partial charge < -0.3 is 10.0 Å². The zero-order valence-electron chi connectivity index (χ0n) is 12.3. The van der Waals surface area contributed by atoms with Gasteiger partial charge in [0, 0.05) is 37.5 Å². The topological polar surface area (TPSA) is 26.7 Å². The molecule has 3 nitrogen and oxygen atoms in total. The van der Waals surface area contributed by atoms with Crippen LogP contribution in [0.3, 0.4) is 0 Å². The Labute approximate surface area is 116 Å². The van der Waals surface area contributed by atoms with E-state index in [1.807, 2.05) is 0 Å².